The van der Waals surface area contributed by atoms with Gasteiger partial charge in [0, 0.05) is 20.4 Å². The van der Waals surface area contributed by atoms with E-state index in [1.54, 1.807) is 0 Å². The first-order valence-corrected chi connectivity index (χ1v) is 8.80. The van der Waals surface area contributed by atoms with Gasteiger partial charge in [0.25, 0.3) is 0 Å². The molecular weight excluding hydrogens is 392 g/mol. The summed E-state index contributed by atoms with van der Waals surface area (Å²) < 4.78 is 0.976. The number of nitriles is 1. The van der Waals surface area contributed by atoms with Gasteiger partial charge in [-0.1, -0.05) is 51.8 Å². The normalized spacial score (nSPS) is 11.3. The van der Waals surface area contributed by atoms with Crippen molar-refractivity contribution in [3.05, 3.63) is 74.0 Å². The molecule has 1 aromatic heterocycles. The Kier molecular flexibility index (Phi) is 4.92. The van der Waals surface area contributed by atoms with Gasteiger partial charge in [-0.2, -0.15) is 5.26 Å². The van der Waals surface area contributed by atoms with E-state index in [2.05, 4.69) is 27.0 Å². The number of hydrogen-bond acceptors (Lipinski definition) is 3. The van der Waals surface area contributed by atoms with Crippen LogP contribution in [0.4, 0.5) is 0 Å². The Morgan fingerprint density at radius 3 is 2.70 bits per heavy atom. The molecule has 0 unspecified atom stereocenters. The monoisotopic (exact) mass is 400 g/mol. The molecule has 0 aliphatic rings. The van der Waals surface area contributed by atoms with Gasteiger partial charge in [0.2, 0.25) is 0 Å². The first kappa shape index (κ1) is 15.9. The Hall–Kier alpha value is -1.93. The first-order chi connectivity index (χ1) is 11.2. The molecule has 0 N–H and O–H groups in total. The van der Waals surface area contributed by atoms with Crippen molar-refractivity contribution in [3.63, 3.8) is 0 Å². The van der Waals surface area contributed by atoms with Gasteiger partial charge in [-0.15, -0.1) is 11.3 Å². The minimum atomic E-state index is 0.549. The van der Waals surface area contributed by atoms with Crippen LogP contribution in [0.3, 0.4) is 0 Å². The van der Waals surface area contributed by atoms with E-state index in [-0.39, 0.29) is 0 Å². The molecule has 2 aromatic carbocycles. The molecule has 0 aliphatic heterocycles. The summed E-state index contributed by atoms with van der Waals surface area (Å²) in [6.45, 7) is 0. The molecule has 0 aliphatic carbocycles. The minimum Gasteiger partial charge on any atom is -0.235 e. The summed E-state index contributed by atoms with van der Waals surface area (Å²) >= 11 is 10.8. The van der Waals surface area contributed by atoms with Crippen molar-refractivity contribution in [1.82, 2.24) is 4.98 Å². The lowest BCUT2D eigenvalue weighted by atomic mass is 10.1. The molecule has 0 bridgehead atoms. The fourth-order valence-corrected chi connectivity index (χ4v) is 3.39. The number of allylic oxidation sites excluding steroid dienone is 1. The molecule has 1 heterocycles. The highest BCUT2D eigenvalue weighted by molar-refractivity contribution is 9.10. The quantitative estimate of drug-likeness (QED) is 0.483. The van der Waals surface area contributed by atoms with E-state index in [9.17, 15) is 5.26 Å². The van der Waals surface area contributed by atoms with E-state index in [0.717, 1.165) is 21.3 Å². The van der Waals surface area contributed by atoms with Gasteiger partial charge in [-0.3, -0.25) is 0 Å². The Morgan fingerprint density at radius 1 is 1.22 bits per heavy atom. The van der Waals surface area contributed by atoms with E-state index >= 15 is 0 Å². The molecule has 0 saturated heterocycles. The molecule has 0 saturated carbocycles. The smallest absolute Gasteiger partial charge is 0.134 e. The number of benzene rings is 2. The van der Waals surface area contributed by atoms with Gasteiger partial charge in [0.05, 0.1) is 11.3 Å². The highest BCUT2D eigenvalue weighted by atomic mass is 79.9. The van der Waals surface area contributed by atoms with E-state index in [1.165, 1.54) is 11.3 Å². The van der Waals surface area contributed by atoms with Crippen LogP contribution in [0.1, 0.15) is 10.6 Å². The Morgan fingerprint density at radius 2 is 2.00 bits per heavy atom. The fourth-order valence-electron chi connectivity index (χ4n) is 2.06. The molecule has 0 amide bonds. The molecule has 0 fully saturated rings. The van der Waals surface area contributed by atoms with Crippen molar-refractivity contribution in [2.75, 3.05) is 0 Å². The highest BCUT2D eigenvalue weighted by Gasteiger charge is 2.09. The van der Waals surface area contributed by atoms with Crippen LogP contribution in [0, 0.1) is 11.3 Å². The maximum absolute atomic E-state index is 9.45. The van der Waals surface area contributed by atoms with E-state index in [0.29, 0.717) is 15.6 Å². The third kappa shape index (κ3) is 3.89. The number of halogens is 2. The van der Waals surface area contributed by atoms with Gasteiger partial charge in [0.15, 0.2) is 0 Å². The van der Waals surface area contributed by atoms with Crippen molar-refractivity contribution in [2.45, 2.75) is 0 Å². The summed E-state index contributed by atoms with van der Waals surface area (Å²) in [5, 5.41) is 12.8. The lowest BCUT2D eigenvalue weighted by Crippen LogP contribution is -1.83. The second-order valence-corrected chi connectivity index (χ2v) is 6.98. The van der Waals surface area contributed by atoms with Gasteiger partial charge in [-0.05, 0) is 35.9 Å². The van der Waals surface area contributed by atoms with E-state index in [4.69, 9.17) is 11.6 Å². The van der Waals surface area contributed by atoms with Crippen LogP contribution in [0.2, 0.25) is 5.02 Å². The second-order valence-electron chi connectivity index (χ2n) is 4.77. The Balaban J connectivity index is 1.94. The predicted octanol–water partition coefficient (Wildman–Crippen LogP) is 6.29. The summed E-state index contributed by atoms with van der Waals surface area (Å²) in [5.74, 6) is 0. The topological polar surface area (TPSA) is 36.7 Å². The summed E-state index contributed by atoms with van der Waals surface area (Å²) in [4.78, 5) is 4.57. The van der Waals surface area contributed by atoms with E-state index in [1.807, 2.05) is 60.0 Å². The average molecular weight is 402 g/mol. The zero-order valence-electron chi connectivity index (χ0n) is 11.8. The summed E-state index contributed by atoms with van der Waals surface area (Å²) in [6, 6.07) is 17.5. The number of rotatable bonds is 3. The molecule has 0 radical (unpaired) electrons. The first-order valence-electron chi connectivity index (χ1n) is 6.75. The lowest BCUT2D eigenvalue weighted by Gasteiger charge is -1.98. The summed E-state index contributed by atoms with van der Waals surface area (Å²) in [7, 11) is 0. The second kappa shape index (κ2) is 7.10. The molecule has 2 nitrogen and oxygen atoms in total. The number of aromatic nitrogens is 1. The third-order valence-electron chi connectivity index (χ3n) is 3.15. The third-order valence-corrected chi connectivity index (χ3v) is 4.78. The molecule has 112 valence electrons. The van der Waals surface area contributed by atoms with Crippen molar-refractivity contribution < 1.29 is 0 Å². The van der Waals surface area contributed by atoms with Crippen LogP contribution in [-0.4, -0.2) is 4.98 Å². The molecule has 0 atom stereocenters. The van der Waals surface area contributed by atoms with Crippen LogP contribution >= 0.6 is 38.9 Å². The molecule has 5 heteroatoms. The van der Waals surface area contributed by atoms with Crippen LogP contribution in [-0.2, 0) is 0 Å². The maximum atomic E-state index is 9.45. The molecule has 3 rings (SSSR count). The SMILES string of the molecule is N#C/C(=C\c1cccc(Br)c1)c1nc(-c2ccc(Cl)cc2)cs1. The predicted molar refractivity (Wildman–Crippen MR) is 100 cm³/mol. The highest BCUT2D eigenvalue weighted by Crippen LogP contribution is 2.28. The van der Waals surface area contributed by atoms with Crippen molar-refractivity contribution in [1.29, 1.82) is 5.26 Å². The standard InChI is InChI=1S/C18H10BrClN2S/c19-15-3-1-2-12(9-15)8-14(10-21)18-22-17(11-23-18)13-4-6-16(20)7-5-13/h1-9,11H/b14-8+. The molecule has 23 heavy (non-hydrogen) atoms. The van der Waals surface area contributed by atoms with Crippen LogP contribution in [0.25, 0.3) is 22.9 Å². The van der Waals surface area contributed by atoms with Crippen molar-refractivity contribution in [2.24, 2.45) is 0 Å². The molecule has 3 aromatic rings. The summed E-state index contributed by atoms with van der Waals surface area (Å²) in [5.41, 5.74) is 3.33. The largest absolute Gasteiger partial charge is 0.235 e. The summed E-state index contributed by atoms with van der Waals surface area (Å²) in [6.07, 6.45) is 1.84. The zero-order chi connectivity index (χ0) is 16.2. The van der Waals surface area contributed by atoms with E-state index < -0.39 is 0 Å². The van der Waals surface area contributed by atoms with Crippen LogP contribution in [0.5, 0.6) is 0 Å². The Labute approximate surface area is 151 Å². The van der Waals surface area contributed by atoms with Crippen molar-refractivity contribution >= 4 is 50.5 Å². The number of nitrogens with zero attached hydrogens (tertiary/aromatic N) is 2. The van der Waals surface area contributed by atoms with Gasteiger partial charge >= 0.3 is 0 Å². The zero-order valence-corrected chi connectivity index (χ0v) is 15.0. The average Bonchev–Trinajstić information content (AvgIpc) is 3.03. The molecule has 0 spiro atoms. The van der Waals surface area contributed by atoms with Crippen LogP contribution < -0.4 is 0 Å². The van der Waals surface area contributed by atoms with Crippen LogP contribution in [0.15, 0.2) is 58.4 Å². The lowest BCUT2D eigenvalue weighted by molar-refractivity contribution is 1.37. The number of thiazole rings is 1. The van der Waals surface area contributed by atoms with Gasteiger partial charge in [-0.25, -0.2) is 4.98 Å². The minimum absolute atomic E-state index is 0.549. The number of hydrogen-bond donors (Lipinski definition) is 0. The molecular formula is C18H10BrClN2S. The Bertz CT molecular complexity index is 907. The fraction of sp³-hybridized carbons (Fsp3) is 0. The van der Waals surface area contributed by atoms with Gasteiger partial charge < -0.3 is 0 Å². The van der Waals surface area contributed by atoms with Crippen molar-refractivity contribution in [3.8, 4) is 17.3 Å². The van der Waals surface area contributed by atoms with Gasteiger partial charge in [0.1, 0.15) is 11.1 Å². The maximum Gasteiger partial charge on any atom is 0.134 e.